The summed E-state index contributed by atoms with van der Waals surface area (Å²) in [5.74, 6) is -1.76. The van der Waals surface area contributed by atoms with Gasteiger partial charge in [0.15, 0.2) is 0 Å². The molecule has 0 spiro atoms. The molecule has 0 fully saturated rings. The van der Waals surface area contributed by atoms with Gasteiger partial charge in [0.05, 0.1) is 5.52 Å². The fourth-order valence-corrected chi connectivity index (χ4v) is 2.16. The number of amides is 1. The molecule has 0 saturated heterocycles. The van der Waals surface area contributed by atoms with Crippen molar-refractivity contribution in [2.75, 3.05) is 0 Å². The predicted molar refractivity (Wildman–Crippen MR) is 85.2 cm³/mol. The highest BCUT2D eigenvalue weighted by atomic mass is 16.4. The maximum Gasteiger partial charge on any atom is 0.326 e. The topological polar surface area (TPSA) is 96.4 Å². The highest BCUT2D eigenvalue weighted by molar-refractivity contribution is 5.97. The molecule has 0 radical (unpaired) electrons. The van der Waals surface area contributed by atoms with Crippen LogP contribution in [0.2, 0.25) is 0 Å². The molecule has 1 amide bonds. The quantitative estimate of drug-likeness (QED) is 0.816. The van der Waals surface area contributed by atoms with E-state index in [4.69, 9.17) is 0 Å². The molecule has 1 aromatic heterocycles. The number of nitrogens with one attached hydrogen (secondary N) is 1. The van der Waals surface area contributed by atoms with Gasteiger partial charge in [-0.1, -0.05) is 31.2 Å². The van der Waals surface area contributed by atoms with Gasteiger partial charge in [0.2, 0.25) is 0 Å². The molecule has 2 rings (SSSR count). The first-order valence-electron chi connectivity index (χ1n) is 7.42. The standard InChI is InChI=1S/C17H18N2O4/c1-2-12(20)8-10-15(17(22)23)19-16(21)14-9-7-11-5-3-4-6-13(11)18-14/h3-7,9,15H,2,8,10H2,1H3,(H,19,21)(H,22,23)/t15-/m1/s1. The Morgan fingerprint density at radius 3 is 2.61 bits per heavy atom. The van der Waals surface area contributed by atoms with Crippen molar-refractivity contribution in [2.24, 2.45) is 0 Å². The Kier molecular flexibility index (Phi) is 5.41. The number of para-hydroxylation sites is 1. The number of Topliss-reactive ketones (excluding diaryl/α,β-unsaturated/α-hetero) is 1. The lowest BCUT2D eigenvalue weighted by atomic mass is 10.1. The molecule has 0 aliphatic carbocycles. The number of pyridine rings is 1. The van der Waals surface area contributed by atoms with E-state index in [-0.39, 0.29) is 24.3 Å². The fourth-order valence-electron chi connectivity index (χ4n) is 2.16. The zero-order valence-corrected chi connectivity index (χ0v) is 12.8. The first kappa shape index (κ1) is 16.6. The number of hydrogen-bond donors (Lipinski definition) is 2. The van der Waals surface area contributed by atoms with Crippen LogP contribution in [-0.2, 0) is 9.59 Å². The summed E-state index contributed by atoms with van der Waals surface area (Å²) < 4.78 is 0. The predicted octanol–water partition coefficient (Wildman–Crippen LogP) is 2.18. The number of carbonyl (C=O) groups excluding carboxylic acids is 2. The van der Waals surface area contributed by atoms with Gasteiger partial charge in [-0.05, 0) is 18.6 Å². The third kappa shape index (κ3) is 4.35. The lowest BCUT2D eigenvalue weighted by Gasteiger charge is -2.14. The highest BCUT2D eigenvalue weighted by Crippen LogP contribution is 2.12. The number of nitrogens with zero attached hydrogens (tertiary/aromatic N) is 1. The van der Waals surface area contributed by atoms with Crippen molar-refractivity contribution >= 4 is 28.6 Å². The second-order valence-electron chi connectivity index (χ2n) is 5.18. The lowest BCUT2D eigenvalue weighted by molar-refractivity contribution is -0.139. The minimum Gasteiger partial charge on any atom is -0.480 e. The molecule has 0 unspecified atom stereocenters. The van der Waals surface area contributed by atoms with Gasteiger partial charge in [-0.25, -0.2) is 9.78 Å². The van der Waals surface area contributed by atoms with Gasteiger partial charge in [0.25, 0.3) is 5.91 Å². The summed E-state index contributed by atoms with van der Waals surface area (Å²) in [5, 5.41) is 12.5. The van der Waals surface area contributed by atoms with E-state index in [1.54, 1.807) is 25.1 Å². The number of aliphatic carboxylic acids is 1. The van der Waals surface area contributed by atoms with E-state index in [0.717, 1.165) is 5.39 Å². The van der Waals surface area contributed by atoms with Crippen LogP contribution < -0.4 is 5.32 Å². The van der Waals surface area contributed by atoms with Gasteiger partial charge in [-0.2, -0.15) is 0 Å². The number of benzene rings is 1. The molecule has 1 heterocycles. The third-order valence-electron chi connectivity index (χ3n) is 3.54. The van der Waals surface area contributed by atoms with Crippen LogP contribution in [0.4, 0.5) is 0 Å². The largest absolute Gasteiger partial charge is 0.480 e. The minimum atomic E-state index is -1.16. The van der Waals surface area contributed by atoms with E-state index in [0.29, 0.717) is 11.9 Å². The number of ketones is 1. The first-order chi connectivity index (χ1) is 11.0. The Morgan fingerprint density at radius 2 is 1.91 bits per heavy atom. The summed E-state index contributed by atoms with van der Waals surface area (Å²) >= 11 is 0. The van der Waals surface area contributed by atoms with Crippen LogP contribution in [0.5, 0.6) is 0 Å². The number of carboxylic acid groups (broad SMARTS) is 1. The lowest BCUT2D eigenvalue weighted by Crippen LogP contribution is -2.41. The van der Waals surface area contributed by atoms with Crippen LogP contribution in [0.25, 0.3) is 10.9 Å². The number of hydrogen-bond acceptors (Lipinski definition) is 4. The SMILES string of the molecule is CCC(=O)CC[C@@H](NC(=O)c1ccc2ccccc2n1)C(=O)O. The van der Waals surface area contributed by atoms with Crippen molar-refractivity contribution in [1.29, 1.82) is 0 Å². The average molecular weight is 314 g/mol. The number of carbonyl (C=O) groups is 3. The molecule has 6 nitrogen and oxygen atoms in total. The van der Waals surface area contributed by atoms with Gasteiger partial charge >= 0.3 is 5.97 Å². The van der Waals surface area contributed by atoms with E-state index >= 15 is 0 Å². The van der Waals surface area contributed by atoms with Gasteiger partial charge in [-0.15, -0.1) is 0 Å². The molecule has 6 heteroatoms. The van der Waals surface area contributed by atoms with Crippen LogP contribution in [0, 0.1) is 0 Å². The molecule has 23 heavy (non-hydrogen) atoms. The zero-order valence-electron chi connectivity index (χ0n) is 12.8. The summed E-state index contributed by atoms with van der Waals surface area (Å²) in [7, 11) is 0. The Morgan fingerprint density at radius 1 is 1.17 bits per heavy atom. The van der Waals surface area contributed by atoms with E-state index in [9.17, 15) is 19.5 Å². The second-order valence-corrected chi connectivity index (χ2v) is 5.18. The molecule has 0 bridgehead atoms. The highest BCUT2D eigenvalue weighted by Gasteiger charge is 2.22. The molecule has 0 aliphatic heterocycles. The molecular weight excluding hydrogens is 296 g/mol. The van der Waals surface area contributed by atoms with Crippen LogP contribution in [0.3, 0.4) is 0 Å². The van der Waals surface area contributed by atoms with Crippen LogP contribution in [0.1, 0.15) is 36.7 Å². The molecule has 2 aromatic rings. The van der Waals surface area contributed by atoms with E-state index in [1.807, 2.05) is 18.2 Å². The van der Waals surface area contributed by atoms with Crippen molar-refractivity contribution in [3.05, 3.63) is 42.1 Å². The average Bonchev–Trinajstić information content (AvgIpc) is 2.57. The third-order valence-corrected chi connectivity index (χ3v) is 3.54. The van der Waals surface area contributed by atoms with Gasteiger partial charge in [-0.3, -0.25) is 9.59 Å². The monoisotopic (exact) mass is 314 g/mol. The number of aromatic nitrogens is 1. The molecule has 120 valence electrons. The van der Waals surface area contributed by atoms with Crippen molar-refractivity contribution in [3.63, 3.8) is 0 Å². The van der Waals surface area contributed by atoms with E-state index in [1.165, 1.54) is 0 Å². The van der Waals surface area contributed by atoms with Gasteiger partial charge < -0.3 is 10.4 Å². The molecule has 0 aliphatic rings. The van der Waals surface area contributed by atoms with Crippen molar-refractivity contribution < 1.29 is 19.5 Å². The summed E-state index contributed by atoms with van der Waals surface area (Å²) in [6.07, 6.45) is 0.548. The number of fused-ring (bicyclic) bond motifs is 1. The normalized spacial score (nSPS) is 11.9. The van der Waals surface area contributed by atoms with Crippen molar-refractivity contribution in [2.45, 2.75) is 32.2 Å². The van der Waals surface area contributed by atoms with Crippen molar-refractivity contribution in [1.82, 2.24) is 10.3 Å². The molecule has 1 aromatic carbocycles. The van der Waals surface area contributed by atoms with E-state index < -0.39 is 17.9 Å². The summed E-state index contributed by atoms with van der Waals surface area (Å²) in [6, 6.07) is 9.54. The maximum atomic E-state index is 12.2. The van der Waals surface area contributed by atoms with Crippen LogP contribution in [-0.4, -0.2) is 33.8 Å². The van der Waals surface area contributed by atoms with Gasteiger partial charge in [0, 0.05) is 18.2 Å². The Labute approximate surface area is 133 Å². The number of rotatable bonds is 7. The Bertz CT molecular complexity index is 742. The van der Waals surface area contributed by atoms with Crippen LogP contribution >= 0.6 is 0 Å². The Hall–Kier alpha value is -2.76. The molecule has 0 saturated carbocycles. The molecule has 2 N–H and O–H groups in total. The first-order valence-corrected chi connectivity index (χ1v) is 7.42. The fraction of sp³-hybridized carbons (Fsp3) is 0.294. The number of carboxylic acids is 1. The van der Waals surface area contributed by atoms with Gasteiger partial charge in [0.1, 0.15) is 17.5 Å². The van der Waals surface area contributed by atoms with Crippen molar-refractivity contribution in [3.8, 4) is 0 Å². The smallest absolute Gasteiger partial charge is 0.326 e. The zero-order chi connectivity index (χ0) is 16.8. The second kappa shape index (κ2) is 7.49. The molecular formula is C17H18N2O4. The minimum absolute atomic E-state index is 0.0330. The summed E-state index contributed by atoms with van der Waals surface area (Å²) in [4.78, 5) is 39.0. The summed E-state index contributed by atoms with van der Waals surface area (Å²) in [5.41, 5.74) is 0.810. The maximum absolute atomic E-state index is 12.2. The Balaban J connectivity index is 2.10. The van der Waals surface area contributed by atoms with Crippen LogP contribution in [0.15, 0.2) is 36.4 Å². The van der Waals surface area contributed by atoms with E-state index in [2.05, 4.69) is 10.3 Å². The molecule has 1 atom stereocenters. The summed E-state index contributed by atoms with van der Waals surface area (Å²) in [6.45, 7) is 1.72.